The molecule has 0 unspecified atom stereocenters. The molecule has 0 aliphatic carbocycles. The minimum absolute atomic E-state index is 0.0671. The monoisotopic (exact) mass is 332 g/mol. The first kappa shape index (κ1) is 19.8. The Bertz CT molecular complexity index is 663. The smallest absolute Gasteiger partial charge is 0.135 e. The second-order valence-electron chi connectivity index (χ2n) is 5.40. The van der Waals surface area contributed by atoms with Crippen molar-refractivity contribution in [1.29, 1.82) is 0 Å². The molecule has 0 saturated heterocycles. The second kappa shape index (κ2) is 9.83. The number of allylic oxidation sites excluding steroid dienone is 6. The summed E-state index contributed by atoms with van der Waals surface area (Å²) in [6, 6.07) is 3.87. The summed E-state index contributed by atoms with van der Waals surface area (Å²) < 4.78 is 28.6. The van der Waals surface area contributed by atoms with Crippen LogP contribution in [0.5, 0.6) is 0 Å². The number of nitrogens with two attached hydrogens (primary N) is 1. The van der Waals surface area contributed by atoms with Crippen molar-refractivity contribution in [3.63, 3.8) is 0 Å². The van der Waals surface area contributed by atoms with E-state index in [0.29, 0.717) is 17.8 Å². The van der Waals surface area contributed by atoms with Gasteiger partial charge in [-0.2, -0.15) is 0 Å². The highest BCUT2D eigenvalue weighted by Crippen LogP contribution is 2.28. The average molecular weight is 332 g/mol. The molecule has 0 bridgehead atoms. The van der Waals surface area contributed by atoms with Gasteiger partial charge in [-0.1, -0.05) is 42.9 Å². The lowest BCUT2D eigenvalue weighted by Gasteiger charge is -2.16. The zero-order valence-corrected chi connectivity index (χ0v) is 14.8. The largest absolute Gasteiger partial charge is 0.387 e. The van der Waals surface area contributed by atoms with E-state index in [2.05, 4.69) is 5.32 Å². The first-order chi connectivity index (χ1) is 11.5. The molecule has 0 heterocycles. The molecule has 0 radical (unpaired) electrons. The van der Waals surface area contributed by atoms with Crippen LogP contribution in [0.15, 0.2) is 59.2 Å². The normalized spacial score (nSPS) is 14.1. The van der Waals surface area contributed by atoms with Crippen molar-refractivity contribution >= 4 is 5.70 Å². The maximum absolute atomic E-state index is 14.3. The van der Waals surface area contributed by atoms with Gasteiger partial charge in [-0.3, -0.25) is 0 Å². The summed E-state index contributed by atoms with van der Waals surface area (Å²) in [6.45, 7) is 6.19. The Labute approximate surface area is 143 Å². The van der Waals surface area contributed by atoms with E-state index in [9.17, 15) is 8.78 Å². The number of rotatable bonds is 7. The lowest BCUT2D eigenvalue weighted by Crippen LogP contribution is -2.13. The van der Waals surface area contributed by atoms with Gasteiger partial charge >= 0.3 is 0 Å². The van der Waals surface area contributed by atoms with Crippen LogP contribution in [0.1, 0.15) is 32.8 Å². The summed E-state index contributed by atoms with van der Waals surface area (Å²) in [4.78, 5) is 0. The quantitative estimate of drug-likeness (QED) is 0.710. The average Bonchev–Trinajstić information content (AvgIpc) is 2.56. The molecule has 0 atom stereocenters. The Morgan fingerprint density at radius 1 is 1.25 bits per heavy atom. The first-order valence-corrected chi connectivity index (χ1v) is 8.06. The molecule has 1 rings (SSSR count). The van der Waals surface area contributed by atoms with Gasteiger partial charge < -0.3 is 11.1 Å². The zero-order chi connectivity index (χ0) is 18.1. The van der Waals surface area contributed by atoms with Gasteiger partial charge in [0.2, 0.25) is 0 Å². The summed E-state index contributed by atoms with van der Waals surface area (Å²) >= 11 is 0. The molecule has 0 fully saturated rings. The van der Waals surface area contributed by atoms with Crippen molar-refractivity contribution in [1.82, 2.24) is 5.32 Å². The fourth-order valence-electron chi connectivity index (χ4n) is 2.40. The summed E-state index contributed by atoms with van der Waals surface area (Å²) in [5, 5.41) is 2.97. The van der Waals surface area contributed by atoms with E-state index in [1.165, 1.54) is 18.2 Å². The van der Waals surface area contributed by atoms with Crippen molar-refractivity contribution in [2.45, 2.75) is 27.2 Å². The van der Waals surface area contributed by atoms with E-state index in [-0.39, 0.29) is 5.56 Å². The van der Waals surface area contributed by atoms with Crippen LogP contribution in [0.2, 0.25) is 0 Å². The lowest BCUT2D eigenvalue weighted by molar-refractivity contribution is 0.575. The van der Waals surface area contributed by atoms with Gasteiger partial charge in [-0.25, -0.2) is 8.78 Å². The van der Waals surface area contributed by atoms with Crippen molar-refractivity contribution in [2.75, 3.05) is 13.6 Å². The van der Waals surface area contributed by atoms with Gasteiger partial charge in [0.1, 0.15) is 11.6 Å². The fraction of sp³-hybridized carbons (Fsp3) is 0.300. The summed E-state index contributed by atoms with van der Waals surface area (Å²) in [6.07, 6.45) is 8.52. The zero-order valence-electron chi connectivity index (χ0n) is 14.8. The van der Waals surface area contributed by atoms with E-state index in [1.807, 2.05) is 45.1 Å². The summed E-state index contributed by atoms with van der Waals surface area (Å²) in [7, 11) is 1.66. The predicted molar refractivity (Wildman–Crippen MR) is 98.3 cm³/mol. The van der Waals surface area contributed by atoms with Crippen LogP contribution in [-0.2, 0) is 0 Å². The topological polar surface area (TPSA) is 38.0 Å². The van der Waals surface area contributed by atoms with Crippen LogP contribution in [0.3, 0.4) is 0 Å². The molecule has 1 aromatic rings. The highest BCUT2D eigenvalue weighted by atomic mass is 19.1. The molecule has 0 saturated carbocycles. The number of hydrogen-bond acceptors (Lipinski definition) is 2. The van der Waals surface area contributed by atoms with Gasteiger partial charge in [0.05, 0.1) is 11.3 Å². The Morgan fingerprint density at radius 2 is 1.88 bits per heavy atom. The van der Waals surface area contributed by atoms with E-state index in [0.717, 1.165) is 17.6 Å². The van der Waals surface area contributed by atoms with Crippen LogP contribution in [0.25, 0.3) is 5.70 Å². The second-order valence-corrected chi connectivity index (χ2v) is 5.40. The van der Waals surface area contributed by atoms with Crippen LogP contribution >= 0.6 is 0 Å². The van der Waals surface area contributed by atoms with E-state index < -0.39 is 11.6 Å². The lowest BCUT2D eigenvalue weighted by atomic mass is 9.95. The van der Waals surface area contributed by atoms with Crippen LogP contribution in [-0.4, -0.2) is 13.6 Å². The van der Waals surface area contributed by atoms with Crippen molar-refractivity contribution in [3.05, 3.63) is 76.4 Å². The van der Waals surface area contributed by atoms with Gasteiger partial charge in [0.15, 0.2) is 0 Å². The molecule has 0 spiro atoms. The Kier molecular flexibility index (Phi) is 8.13. The van der Waals surface area contributed by atoms with Crippen LogP contribution < -0.4 is 11.1 Å². The van der Waals surface area contributed by atoms with Crippen molar-refractivity contribution in [3.8, 4) is 0 Å². The third kappa shape index (κ3) is 4.90. The number of halogens is 2. The molecule has 24 heavy (non-hydrogen) atoms. The molecular weight excluding hydrogens is 306 g/mol. The minimum atomic E-state index is -0.605. The van der Waals surface area contributed by atoms with Gasteiger partial charge in [0.25, 0.3) is 0 Å². The Balaban J connectivity index is 3.81. The number of benzene rings is 1. The van der Waals surface area contributed by atoms with Gasteiger partial charge in [-0.15, -0.1) is 0 Å². The maximum atomic E-state index is 14.3. The molecule has 4 heteroatoms. The summed E-state index contributed by atoms with van der Waals surface area (Å²) in [5.74, 6) is -1.21. The Hall–Kier alpha value is -2.20. The van der Waals surface area contributed by atoms with Crippen molar-refractivity contribution < 1.29 is 8.78 Å². The maximum Gasteiger partial charge on any atom is 0.135 e. The molecule has 3 N–H and O–H groups in total. The van der Waals surface area contributed by atoms with Crippen LogP contribution in [0.4, 0.5) is 8.78 Å². The number of nitrogens with one attached hydrogen (secondary N) is 1. The minimum Gasteiger partial charge on any atom is -0.387 e. The highest BCUT2D eigenvalue weighted by Gasteiger charge is 2.17. The summed E-state index contributed by atoms with van der Waals surface area (Å²) in [5.41, 5.74) is 8.56. The Morgan fingerprint density at radius 3 is 2.33 bits per heavy atom. The molecule has 0 aliphatic rings. The third-order valence-electron chi connectivity index (χ3n) is 3.53. The SMILES string of the molecule is C\C=C/C(=C\CC)C(/C=C(/C)CN)=C(\NC)c1c(F)cccc1F. The molecule has 2 nitrogen and oxygen atoms in total. The standard InChI is InChI=1S/C20H26F2N2/c1-5-8-15(9-6-2)16(12-14(3)13-23)20(24-4)19-17(21)10-7-11-18(19)22/h5,7-12,24H,6,13,23H2,1-4H3/b8-5-,14-12-,15-9+,20-16-. The van der Waals surface area contributed by atoms with E-state index >= 15 is 0 Å². The first-order valence-electron chi connectivity index (χ1n) is 8.06. The fourth-order valence-corrected chi connectivity index (χ4v) is 2.40. The van der Waals surface area contributed by atoms with Gasteiger partial charge in [0, 0.05) is 19.2 Å². The molecule has 0 aromatic heterocycles. The third-order valence-corrected chi connectivity index (χ3v) is 3.53. The highest BCUT2D eigenvalue weighted by molar-refractivity contribution is 5.76. The van der Waals surface area contributed by atoms with Gasteiger partial charge in [-0.05, 0) is 38.0 Å². The van der Waals surface area contributed by atoms with Crippen LogP contribution in [0, 0.1) is 11.6 Å². The van der Waals surface area contributed by atoms with Crippen molar-refractivity contribution in [2.24, 2.45) is 5.73 Å². The molecular formula is C20H26F2N2. The predicted octanol–water partition coefficient (Wildman–Crippen LogP) is 4.71. The molecule has 0 aliphatic heterocycles. The van der Waals surface area contributed by atoms with E-state index in [4.69, 9.17) is 5.73 Å². The van der Waals surface area contributed by atoms with E-state index in [1.54, 1.807) is 7.05 Å². The molecule has 130 valence electrons. The number of hydrogen-bond donors (Lipinski definition) is 2. The molecule has 0 amide bonds. The molecule has 1 aromatic carbocycles.